The van der Waals surface area contributed by atoms with Crippen molar-refractivity contribution in [2.24, 2.45) is 0 Å². The Hall–Kier alpha value is -1.88. The predicted octanol–water partition coefficient (Wildman–Crippen LogP) is 2.79. The fourth-order valence-electron chi connectivity index (χ4n) is 5.44. The first-order valence-electron chi connectivity index (χ1n) is 9.63. The molecule has 1 aromatic rings. The minimum Gasteiger partial charge on any atom is -0.337 e. The first-order valence-corrected chi connectivity index (χ1v) is 9.63. The Balaban J connectivity index is 1.28. The third-order valence-electron chi connectivity index (χ3n) is 6.90. The lowest BCUT2D eigenvalue weighted by molar-refractivity contribution is -0.119. The zero-order chi connectivity index (χ0) is 17.1. The van der Waals surface area contributed by atoms with Crippen molar-refractivity contribution in [1.29, 1.82) is 0 Å². The van der Waals surface area contributed by atoms with E-state index >= 15 is 0 Å². The second-order valence-electron chi connectivity index (χ2n) is 8.14. The summed E-state index contributed by atoms with van der Waals surface area (Å²) < 4.78 is 0. The number of amides is 3. The van der Waals surface area contributed by atoms with E-state index in [4.69, 9.17) is 0 Å². The van der Waals surface area contributed by atoms with E-state index in [-0.39, 0.29) is 11.9 Å². The van der Waals surface area contributed by atoms with Gasteiger partial charge in [-0.15, -0.1) is 0 Å². The van der Waals surface area contributed by atoms with Gasteiger partial charge in [0.2, 0.25) is 5.91 Å². The number of urea groups is 1. The van der Waals surface area contributed by atoms with Crippen LogP contribution >= 0.6 is 0 Å². The molecule has 0 unspecified atom stereocenters. The largest absolute Gasteiger partial charge is 0.337 e. The molecule has 0 radical (unpaired) electrons. The fraction of sp³-hybridized carbons (Fsp3) is 0.600. The van der Waals surface area contributed by atoms with Crippen molar-refractivity contribution >= 4 is 17.6 Å². The number of rotatable bonds is 3. The third-order valence-corrected chi connectivity index (χ3v) is 6.90. The van der Waals surface area contributed by atoms with Crippen LogP contribution < -0.4 is 10.2 Å². The molecule has 0 aromatic heterocycles. The topological polar surface area (TPSA) is 52.7 Å². The van der Waals surface area contributed by atoms with Crippen LogP contribution in [0.15, 0.2) is 24.3 Å². The van der Waals surface area contributed by atoms with Gasteiger partial charge in [0.05, 0.1) is 11.1 Å². The number of fused-ring (bicyclic) bond motifs is 3. The minimum atomic E-state index is -0.402. The van der Waals surface area contributed by atoms with E-state index in [1.165, 1.54) is 43.7 Å². The Bertz CT molecular complexity index is 730. The molecule has 3 fully saturated rings. The molecule has 2 saturated heterocycles. The van der Waals surface area contributed by atoms with Gasteiger partial charge in [-0.25, -0.2) is 9.69 Å². The maximum absolute atomic E-state index is 12.8. The van der Waals surface area contributed by atoms with Crippen molar-refractivity contribution in [3.8, 4) is 0 Å². The van der Waals surface area contributed by atoms with Crippen molar-refractivity contribution in [2.45, 2.75) is 55.9 Å². The van der Waals surface area contributed by atoms with Crippen LogP contribution in [0.4, 0.5) is 10.5 Å². The van der Waals surface area contributed by atoms with E-state index in [0.717, 1.165) is 30.5 Å². The number of carbonyl (C=O) groups excluding carboxylic acids is 2. The van der Waals surface area contributed by atoms with E-state index in [1.54, 1.807) is 0 Å². The van der Waals surface area contributed by atoms with E-state index in [1.807, 2.05) is 24.3 Å². The molecule has 3 aliphatic heterocycles. The molecule has 132 valence electrons. The van der Waals surface area contributed by atoms with Crippen LogP contribution in [0.3, 0.4) is 0 Å². The number of nitrogens with zero attached hydrogens (tertiary/aromatic N) is 2. The summed E-state index contributed by atoms with van der Waals surface area (Å²) in [6.07, 6.45) is 7.76. The first-order chi connectivity index (χ1) is 12.2. The fourth-order valence-corrected chi connectivity index (χ4v) is 5.44. The zero-order valence-corrected chi connectivity index (χ0v) is 14.6. The van der Waals surface area contributed by atoms with Gasteiger partial charge in [-0.1, -0.05) is 18.2 Å². The van der Waals surface area contributed by atoms with Crippen molar-refractivity contribution in [3.63, 3.8) is 0 Å². The van der Waals surface area contributed by atoms with E-state index in [9.17, 15) is 9.59 Å². The predicted molar refractivity (Wildman–Crippen MR) is 95.6 cm³/mol. The maximum atomic E-state index is 12.8. The Kier molecular flexibility index (Phi) is 3.26. The summed E-state index contributed by atoms with van der Waals surface area (Å²) in [6, 6.07) is 7.51. The Morgan fingerprint density at radius 2 is 1.80 bits per heavy atom. The molecule has 5 rings (SSSR count). The number of hydrogen-bond acceptors (Lipinski definition) is 3. The van der Waals surface area contributed by atoms with Crippen molar-refractivity contribution < 1.29 is 9.59 Å². The number of para-hydroxylation sites is 1. The molecule has 3 amide bonds. The lowest BCUT2D eigenvalue weighted by Crippen LogP contribution is -2.47. The number of benzene rings is 1. The zero-order valence-electron chi connectivity index (χ0n) is 14.6. The number of hydrogen-bond donors (Lipinski definition) is 1. The van der Waals surface area contributed by atoms with Crippen LogP contribution in [0.2, 0.25) is 0 Å². The summed E-state index contributed by atoms with van der Waals surface area (Å²) >= 11 is 0. The standard InChI is InChI=1S/C20H25N3O2/c24-17-20(9-10-20)15-5-1-2-6-16(15)23(17)18(25)21-12-11-19-7-3-13-22(19)14-4-8-19/h1-2,5-6H,3-4,7-14H2,(H,21,25). The van der Waals surface area contributed by atoms with Gasteiger partial charge in [0.25, 0.3) is 0 Å². The van der Waals surface area contributed by atoms with E-state index < -0.39 is 5.41 Å². The highest BCUT2D eigenvalue weighted by molar-refractivity contribution is 6.23. The maximum Gasteiger partial charge on any atom is 0.328 e. The van der Waals surface area contributed by atoms with Gasteiger partial charge in [0.1, 0.15) is 0 Å². The Morgan fingerprint density at radius 3 is 2.52 bits per heavy atom. The van der Waals surface area contributed by atoms with Gasteiger partial charge < -0.3 is 5.32 Å². The summed E-state index contributed by atoms with van der Waals surface area (Å²) in [6.45, 7) is 3.05. The van der Waals surface area contributed by atoms with Crippen LogP contribution in [-0.4, -0.2) is 42.0 Å². The second-order valence-corrected chi connectivity index (χ2v) is 8.14. The summed E-state index contributed by atoms with van der Waals surface area (Å²) in [4.78, 5) is 29.6. The van der Waals surface area contributed by atoms with Crippen LogP contribution in [0.25, 0.3) is 0 Å². The molecule has 1 saturated carbocycles. The van der Waals surface area contributed by atoms with E-state index in [0.29, 0.717) is 12.1 Å². The lowest BCUT2D eigenvalue weighted by atomic mass is 9.90. The summed E-state index contributed by atoms with van der Waals surface area (Å²) in [7, 11) is 0. The molecule has 4 aliphatic rings. The van der Waals surface area contributed by atoms with Gasteiger partial charge in [-0.05, 0) is 69.7 Å². The number of imide groups is 1. The molecule has 1 aromatic carbocycles. The van der Waals surface area contributed by atoms with Gasteiger partial charge in [0.15, 0.2) is 0 Å². The monoisotopic (exact) mass is 339 g/mol. The summed E-state index contributed by atoms with van der Waals surface area (Å²) in [5.41, 5.74) is 1.72. The summed E-state index contributed by atoms with van der Waals surface area (Å²) in [5.74, 6) is -0.0345. The highest BCUT2D eigenvalue weighted by atomic mass is 16.2. The lowest BCUT2D eigenvalue weighted by Gasteiger charge is -2.32. The molecule has 1 spiro atoms. The number of anilines is 1. The Morgan fingerprint density at radius 1 is 1.08 bits per heavy atom. The average Bonchev–Trinajstić information content (AvgIpc) is 3.09. The highest BCUT2D eigenvalue weighted by Gasteiger charge is 2.60. The van der Waals surface area contributed by atoms with Crippen molar-refractivity contribution in [2.75, 3.05) is 24.5 Å². The highest BCUT2D eigenvalue weighted by Crippen LogP contribution is 2.57. The Labute approximate surface area is 148 Å². The second kappa shape index (κ2) is 5.31. The average molecular weight is 339 g/mol. The van der Waals surface area contributed by atoms with Crippen LogP contribution in [0.1, 0.15) is 50.5 Å². The van der Waals surface area contributed by atoms with Crippen LogP contribution in [-0.2, 0) is 10.2 Å². The number of nitrogens with one attached hydrogen (secondary N) is 1. The molecule has 25 heavy (non-hydrogen) atoms. The molecule has 1 N–H and O–H groups in total. The molecule has 5 heteroatoms. The normalized spacial score (nSPS) is 25.3. The molecular formula is C20H25N3O2. The molecule has 1 aliphatic carbocycles. The molecule has 0 bridgehead atoms. The van der Waals surface area contributed by atoms with Gasteiger partial charge in [0, 0.05) is 12.1 Å². The van der Waals surface area contributed by atoms with Gasteiger partial charge in [-0.2, -0.15) is 0 Å². The van der Waals surface area contributed by atoms with E-state index in [2.05, 4.69) is 10.2 Å². The SMILES string of the molecule is O=C(NCCC12CCCN1CCC2)N1C(=O)C2(CC2)c2ccccc21. The minimum absolute atomic E-state index is 0.0345. The third kappa shape index (κ3) is 2.11. The van der Waals surface area contributed by atoms with Crippen LogP contribution in [0, 0.1) is 0 Å². The molecule has 5 nitrogen and oxygen atoms in total. The first kappa shape index (κ1) is 15.4. The van der Waals surface area contributed by atoms with Crippen molar-refractivity contribution in [3.05, 3.63) is 29.8 Å². The summed E-state index contributed by atoms with van der Waals surface area (Å²) in [5, 5.41) is 3.04. The van der Waals surface area contributed by atoms with Crippen LogP contribution in [0.5, 0.6) is 0 Å². The molecule has 0 atom stereocenters. The van der Waals surface area contributed by atoms with Gasteiger partial charge >= 0.3 is 6.03 Å². The van der Waals surface area contributed by atoms with Crippen molar-refractivity contribution in [1.82, 2.24) is 10.2 Å². The quantitative estimate of drug-likeness (QED) is 0.921. The van der Waals surface area contributed by atoms with Gasteiger partial charge in [-0.3, -0.25) is 9.69 Å². The molecular weight excluding hydrogens is 314 g/mol. The number of carbonyl (C=O) groups is 2. The molecule has 3 heterocycles. The smallest absolute Gasteiger partial charge is 0.328 e.